The summed E-state index contributed by atoms with van der Waals surface area (Å²) >= 11 is 0. The van der Waals surface area contributed by atoms with Crippen molar-refractivity contribution in [1.82, 2.24) is 14.1 Å². The summed E-state index contributed by atoms with van der Waals surface area (Å²) < 4.78 is 11.4. The Labute approximate surface area is 443 Å². The van der Waals surface area contributed by atoms with Crippen molar-refractivity contribution < 1.29 is 25.8 Å². The molecule has 0 amide bonds. The number of aromatic nitrogens is 3. The van der Waals surface area contributed by atoms with E-state index in [9.17, 15) is 0 Å². The molecule has 73 heavy (non-hydrogen) atoms. The molecule has 0 bridgehead atoms. The molecule has 8 aromatic carbocycles. The van der Waals surface area contributed by atoms with Crippen LogP contribution in [0.3, 0.4) is 0 Å². The number of hydrogen-bond acceptors (Lipinski definition) is 4. The number of ether oxygens (including phenoxy) is 1. The van der Waals surface area contributed by atoms with Crippen LogP contribution in [0, 0.1) is 18.8 Å². The average Bonchev–Trinajstić information content (AvgIpc) is 4.03. The maximum Gasteiger partial charge on any atom is 0.135 e. The number of anilines is 4. The van der Waals surface area contributed by atoms with E-state index < -0.39 is 0 Å². The summed E-state index contributed by atoms with van der Waals surface area (Å²) in [7, 11) is 0. The Kier molecular flexibility index (Phi) is 11.8. The standard InChI is InChI=1S/C66H58N5O.Pt/c1-64(2,3)45-32-33-67-63(39-45)71-59-31-27-44(43-26-30-58-55(34-43)53-22-13-14-23-57(53)70(58)48-18-11-10-12-19-48)35-56(59)54-29-28-52(41-62(54)71)72-51-21-17-20-49(40-51)68-42-69(61-25-16-15-24-60(61)68)50-37-46(65(4,5)6)36-47(38-50)66(7,8)9;/h10-39,42H,1-9H3;/q-3;. The first-order valence-corrected chi connectivity index (χ1v) is 25.0. The zero-order valence-corrected chi connectivity index (χ0v) is 45.1. The molecular formula is C66H58N5OPt-3. The molecule has 0 unspecified atom stereocenters. The van der Waals surface area contributed by atoms with E-state index in [4.69, 9.17) is 9.72 Å². The smallest absolute Gasteiger partial charge is 0.135 e. The van der Waals surface area contributed by atoms with Crippen LogP contribution in [0.5, 0.6) is 11.5 Å². The van der Waals surface area contributed by atoms with Gasteiger partial charge in [-0.15, -0.1) is 48.1 Å². The summed E-state index contributed by atoms with van der Waals surface area (Å²) in [5, 5.41) is 4.63. The summed E-state index contributed by atoms with van der Waals surface area (Å²) in [6, 6.07) is 70.5. The molecule has 7 heteroatoms. The molecule has 0 aliphatic carbocycles. The van der Waals surface area contributed by atoms with Crippen LogP contribution in [0.25, 0.3) is 66.2 Å². The zero-order chi connectivity index (χ0) is 49.7. The molecule has 0 spiro atoms. The van der Waals surface area contributed by atoms with Crippen LogP contribution >= 0.6 is 0 Å². The van der Waals surface area contributed by atoms with Crippen LogP contribution in [0.2, 0.25) is 0 Å². The quantitative estimate of drug-likeness (QED) is 0.149. The summed E-state index contributed by atoms with van der Waals surface area (Å²) in [5.41, 5.74) is 15.7. The predicted molar refractivity (Wildman–Crippen MR) is 300 cm³/mol. The number of rotatable bonds is 7. The first-order valence-electron chi connectivity index (χ1n) is 25.0. The molecule has 6 nitrogen and oxygen atoms in total. The summed E-state index contributed by atoms with van der Waals surface area (Å²) in [6.07, 6.45) is 1.92. The molecule has 0 N–H and O–H groups in total. The van der Waals surface area contributed by atoms with Crippen LogP contribution in [0.4, 0.5) is 22.7 Å². The number of pyridine rings is 1. The second-order valence-corrected chi connectivity index (χ2v) is 22.3. The molecule has 0 fully saturated rings. The molecule has 11 aromatic rings. The van der Waals surface area contributed by atoms with Gasteiger partial charge in [0.1, 0.15) is 5.82 Å². The van der Waals surface area contributed by atoms with E-state index in [0.29, 0.717) is 11.5 Å². The number of hydrogen-bond donors (Lipinski definition) is 0. The van der Waals surface area contributed by atoms with Crippen LogP contribution in [0.1, 0.15) is 79.0 Å². The third kappa shape index (κ3) is 8.60. The first kappa shape index (κ1) is 47.9. The molecule has 1 aliphatic heterocycles. The van der Waals surface area contributed by atoms with Gasteiger partial charge >= 0.3 is 0 Å². The Morgan fingerprint density at radius 3 is 1.71 bits per heavy atom. The second-order valence-electron chi connectivity index (χ2n) is 22.3. The molecule has 4 heterocycles. The van der Waals surface area contributed by atoms with Gasteiger partial charge in [0.15, 0.2) is 0 Å². The van der Waals surface area contributed by atoms with Gasteiger partial charge in [-0.1, -0.05) is 141 Å². The van der Waals surface area contributed by atoms with E-state index in [2.05, 4.69) is 258 Å². The van der Waals surface area contributed by atoms with E-state index in [1.807, 2.05) is 24.4 Å². The minimum absolute atomic E-state index is 0. The van der Waals surface area contributed by atoms with E-state index in [1.165, 1.54) is 38.5 Å². The van der Waals surface area contributed by atoms with Gasteiger partial charge in [0.05, 0.1) is 11.0 Å². The number of benzene rings is 8. The maximum absolute atomic E-state index is 6.76. The number of fused-ring (bicyclic) bond motifs is 7. The summed E-state index contributed by atoms with van der Waals surface area (Å²) in [5.74, 6) is 2.02. The van der Waals surface area contributed by atoms with Gasteiger partial charge in [-0.3, -0.25) is 0 Å². The molecule has 0 saturated heterocycles. The van der Waals surface area contributed by atoms with Gasteiger partial charge in [-0.2, -0.15) is 12.1 Å². The average molecular weight is 1130 g/mol. The first-order chi connectivity index (χ1) is 34.6. The van der Waals surface area contributed by atoms with Crippen LogP contribution in [-0.4, -0.2) is 14.1 Å². The molecular weight excluding hydrogens is 1070 g/mol. The van der Waals surface area contributed by atoms with Crippen molar-refractivity contribution in [2.24, 2.45) is 0 Å². The van der Waals surface area contributed by atoms with E-state index in [1.54, 1.807) is 0 Å². The van der Waals surface area contributed by atoms with Crippen molar-refractivity contribution in [2.75, 3.05) is 9.80 Å². The van der Waals surface area contributed by atoms with E-state index in [0.717, 1.165) is 67.2 Å². The van der Waals surface area contributed by atoms with Crippen molar-refractivity contribution in [2.45, 2.75) is 78.6 Å². The molecule has 12 rings (SSSR count). The Morgan fingerprint density at radius 2 is 1.03 bits per heavy atom. The zero-order valence-electron chi connectivity index (χ0n) is 42.9. The van der Waals surface area contributed by atoms with Gasteiger partial charge in [0.2, 0.25) is 0 Å². The van der Waals surface area contributed by atoms with Crippen LogP contribution < -0.4 is 14.5 Å². The predicted octanol–water partition coefficient (Wildman–Crippen LogP) is 17.6. The third-order valence-corrected chi connectivity index (χ3v) is 14.3. The van der Waals surface area contributed by atoms with Crippen molar-refractivity contribution in [3.8, 4) is 34.1 Å². The third-order valence-electron chi connectivity index (χ3n) is 14.3. The molecule has 0 saturated carbocycles. The Balaban J connectivity index is 0.00000574. The molecule has 3 aromatic heterocycles. The number of nitrogens with zero attached hydrogens (tertiary/aromatic N) is 5. The van der Waals surface area contributed by atoms with Crippen LogP contribution in [-0.2, 0) is 37.3 Å². The van der Waals surface area contributed by atoms with Crippen molar-refractivity contribution in [3.63, 3.8) is 0 Å². The fraction of sp³-hybridized carbons (Fsp3) is 0.182. The Morgan fingerprint density at radius 1 is 0.438 bits per heavy atom. The monoisotopic (exact) mass is 1130 g/mol. The Hall–Kier alpha value is -7.40. The summed E-state index contributed by atoms with van der Waals surface area (Å²) in [4.78, 5) is 9.51. The van der Waals surface area contributed by atoms with Crippen molar-refractivity contribution >= 4 is 66.4 Å². The largest absolute Gasteiger partial charge is 0.509 e. The van der Waals surface area contributed by atoms with E-state index >= 15 is 0 Å². The SMILES string of the molecule is CC(C)(C)c1cc(N2[CH-]N(c3[c-]c(Oc4[c-]c5c(cc4)c4cc(-c6ccc7c(c6)c6ccccc6n7-c6ccccc6)ccc4n5-c4cc(C(C)(C)C)ccn4)ccc3)c3ccccc32)cc(C(C)(C)C)c1.[Pt]. The molecule has 0 atom stereocenters. The van der Waals surface area contributed by atoms with Crippen molar-refractivity contribution in [1.29, 1.82) is 0 Å². The number of para-hydroxylation sites is 4. The fourth-order valence-corrected chi connectivity index (χ4v) is 10.3. The van der Waals surface area contributed by atoms with Gasteiger partial charge in [-0.25, -0.2) is 4.98 Å². The van der Waals surface area contributed by atoms with Gasteiger partial charge in [0, 0.05) is 77.8 Å². The van der Waals surface area contributed by atoms with Crippen LogP contribution in [0.15, 0.2) is 182 Å². The minimum Gasteiger partial charge on any atom is -0.509 e. The molecule has 0 radical (unpaired) electrons. The normalized spacial score (nSPS) is 13.1. The Bertz CT molecular complexity index is 3870. The summed E-state index contributed by atoms with van der Waals surface area (Å²) in [6.45, 7) is 22.6. The van der Waals surface area contributed by atoms with Gasteiger partial charge < -0.3 is 23.7 Å². The van der Waals surface area contributed by atoms with Crippen molar-refractivity contribution in [3.05, 3.63) is 218 Å². The van der Waals surface area contributed by atoms with Gasteiger partial charge in [-0.05, 0) is 122 Å². The van der Waals surface area contributed by atoms with Gasteiger partial charge in [0.25, 0.3) is 0 Å². The fourth-order valence-electron chi connectivity index (χ4n) is 10.3. The topological polar surface area (TPSA) is 38.5 Å². The second kappa shape index (κ2) is 18.0. The minimum atomic E-state index is -0.0686. The molecule has 366 valence electrons. The molecule has 1 aliphatic rings. The van der Waals surface area contributed by atoms with E-state index in [-0.39, 0.29) is 37.3 Å². The maximum atomic E-state index is 6.76.